The molecule has 0 aliphatic carbocycles. The minimum absolute atomic E-state index is 0. The predicted molar refractivity (Wildman–Crippen MR) is 128 cm³/mol. The summed E-state index contributed by atoms with van der Waals surface area (Å²) in [6.07, 6.45) is 0. The molecular formula is C26H32ClNO2. The van der Waals surface area contributed by atoms with Gasteiger partial charge >= 0.3 is 0 Å². The van der Waals surface area contributed by atoms with Crippen molar-refractivity contribution < 1.29 is 9.90 Å². The third kappa shape index (κ3) is 4.85. The number of halogens is 1. The van der Waals surface area contributed by atoms with Crippen LogP contribution in [0, 0.1) is 0 Å². The number of hydrogen-bond acceptors (Lipinski definition) is 3. The second-order valence-corrected chi connectivity index (χ2v) is 8.60. The highest BCUT2D eigenvalue weighted by Crippen LogP contribution is 2.36. The van der Waals surface area contributed by atoms with Crippen molar-refractivity contribution in [2.45, 2.75) is 46.6 Å². The van der Waals surface area contributed by atoms with Crippen molar-refractivity contribution in [2.24, 2.45) is 0 Å². The summed E-state index contributed by atoms with van der Waals surface area (Å²) in [5.41, 5.74) is 2.68. The van der Waals surface area contributed by atoms with E-state index in [0.717, 1.165) is 35.0 Å². The first-order valence-electron chi connectivity index (χ1n) is 10.4. The van der Waals surface area contributed by atoms with Crippen LogP contribution in [0.1, 0.15) is 61.7 Å². The fraction of sp³-hybridized carbons (Fsp3) is 0.346. The number of aromatic hydroxyl groups is 1. The molecule has 0 fully saturated rings. The third-order valence-corrected chi connectivity index (χ3v) is 5.58. The number of rotatable bonds is 6. The van der Waals surface area contributed by atoms with Crippen LogP contribution in [-0.2, 0) is 12.0 Å². The van der Waals surface area contributed by atoms with Gasteiger partial charge in [0, 0.05) is 28.8 Å². The summed E-state index contributed by atoms with van der Waals surface area (Å²) in [7, 11) is 0. The number of ketones is 1. The summed E-state index contributed by atoms with van der Waals surface area (Å²) < 4.78 is 0. The first-order valence-corrected chi connectivity index (χ1v) is 10.4. The zero-order chi connectivity index (χ0) is 21.2. The second-order valence-electron chi connectivity index (χ2n) is 8.60. The van der Waals surface area contributed by atoms with E-state index < -0.39 is 0 Å². The van der Waals surface area contributed by atoms with Crippen LogP contribution in [0.2, 0.25) is 0 Å². The van der Waals surface area contributed by atoms with Gasteiger partial charge in [-0.3, -0.25) is 9.69 Å². The molecule has 4 heteroatoms. The van der Waals surface area contributed by atoms with Gasteiger partial charge in [0.05, 0.1) is 0 Å². The molecule has 0 radical (unpaired) electrons. The third-order valence-electron chi connectivity index (χ3n) is 5.58. The number of phenolic OH excluding ortho intramolecular Hbond substituents is 1. The Morgan fingerprint density at radius 2 is 1.60 bits per heavy atom. The molecule has 3 aromatic rings. The van der Waals surface area contributed by atoms with Gasteiger partial charge in [-0.05, 0) is 41.4 Å². The van der Waals surface area contributed by atoms with E-state index >= 15 is 0 Å². The van der Waals surface area contributed by atoms with E-state index in [1.54, 1.807) is 0 Å². The van der Waals surface area contributed by atoms with Gasteiger partial charge in [-0.1, -0.05) is 77.1 Å². The maximum atomic E-state index is 13.5. The smallest absolute Gasteiger partial charge is 0.193 e. The first-order chi connectivity index (χ1) is 13.8. The van der Waals surface area contributed by atoms with Gasteiger partial charge in [-0.25, -0.2) is 0 Å². The molecule has 0 heterocycles. The summed E-state index contributed by atoms with van der Waals surface area (Å²) in [6, 6.07) is 17.5. The molecule has 0 unspecified atom stereocenters. The molecule has 0 aromatic heterocycles. The molecule has 30 heavy (non-hydrogen) atoms. The number of benzene rings is 3. The number of fused-ring (bicyclic) bond motifs is 1. The Labute approximate surface area is 186 Å². The van der Waals surface area contributed by atoms with Crippen molar-refractivity contribution in [1.82, 2.24) is 4.90 Å². The zero-order valence-electron chi connectivity index (χ0n) is 18.5. The van der Waals surface area contributed by atoms with Gasteiger partial charge in [0.25, 0.3) is 0 Å². The minimum Gasteiger partial charge on any atom is -0.507 e. The van der Waals surface area contributed by atoms with Crippen molar-refractivity contribution in [3.63, 3.8) is 0 Å². The lowest BCUT2D eigenvalue weighted by Crippen LogP contribution is -2.23. The SMILES string of the molecule is CCN(CC)Cc1cc(C(=O)c2cccc3ccccc23)cc(C(C)(C)C)c1O.Cl. The van der Waals surface area contributed by atoms with Crippen LogP contribution >= 0.6 is 12.4 Å². The number of phenols is 1. The molecule has 3 nitrogen and oxygen atoms in total. The normalized spacial score (nSPS) is 11.5. The van der Waals surface area contributed by atoms with Crippen LogP contribution in [0.5, 0.6) is 5.75 Å². The largest absolute Gasteiger partial charge is 0.507 e. The summed E-state index contributed by atoms with van der Waals surface area (Å²) in [5.74, 6) is 0.298. The molecule has 3 aromatic carbocycles. The Morgan fingerprint density at radius 3 is 2.23 bits per heavy atom. The van der Waals surface area contributed by atoms with Crippen LogP contribution in [0.25, 0.3) is 10.8 Å². The average molecular weight is 426 g/mol. The lowest BCUT2D eigenvalue weighted by atomic mass is 9.82. The lowest BCUT2D eigenvalue weighted by molar-refractivity contribution is 0.104. The minimum atomic E-state index is -0.267. The molecule has 0 spiro atoms. The molecule has 3 rings (SSSR count). The van der Waals surface area contributed by atoms with Gasteiger partial charge in [-0.15, -0.1) is 12.4 Å². The Bertz CT molecular complexity index is 1030. The summed E-state index contributed by atoms with van der Waals surface area (Å²) >= 11 is 0. The van der Waals surface area contributed by atoms with Crippen molar-refractivity contribution in [1.29, 1.82) is 0 Å². The molecule has 0 atom stereocenters. The summed E-state index contributed by atoms with van der Waals surface area (Å²) in [4.78, 5) is 15.8. The molecule has 0 saturated heterocycles. The summed E-state index contributed by atoms with van der Waals surface area (Å²) in [5, 5.41) is 13.0. The van der Waals surface area contributed by atoms with Crippen LogP contribution in [0.3, 0.4) is 0 Å². The van der Waals surface area contributed by atoms with Gasteiger partial charge in [0.15, 0.2) is 5.78 Å². The maximum Gasteiger partial charge on any atom is 0.193 e. The Kier molecular flexibility index (Phi) is 7.68. The fourth-order valence-electron chi connectivity index (χ4n) is 3.78. The van der Waals surface area contributed by atoms with Gasteiger partial charge in [-0.2, -0.15) is 0 Å². The molecule has 0 amide bonds. The monoisotopic (exact) mass is 425 g/mol. The van der Waals surface area contributed by atoms with Crippen LogP contribution < -0.4 is 0 Å². The second kappa shape index (κ2) is 9.63. The maximum absolute atomic E-state index is 13.5. The van der Waals surface area contributed by atoms with Crippen molar-refractivity contribution in [2.75, 3.05) is 13.1 Å². The Morgan fingerprint density at radius 1 is 0.967 bits per heavy atom. The highest BCUT2D eigenvalue weighted by molar-refractivity contribution is 6.16. The van der Waals surface area contributed by atoms with Gasteiger partial charge in [0.2, 0.25) is 0 Å². The van der Waals surface area contributed by atoms with E-state index in [2.05, 4.69) is 39.5 Å². The van der Waals surface area contributed by atoms with Crippen LogP contribution in [0.15, 0.2) is 54.6 Å². The fourth-order valence-corrected chi connectivity index (χ4v) is 3.78. The first kappa shape index (κ1) is 23.9. The Balaban J connectivity index is 0.00000320. The topological polar surface area (TPSA) is 40.5 Å². The van der Waals surface area contributed by atoms with E-state index in [1.165, 1.54) is 0 Å². The average Bonchev–Trinajstić information content (AvgIpc) is 2.71. The highest BCUT2D eigenvalue weighted by Gasteiger charge is 2.24. The Hall–Kier alpha value is -2.36. The van der Waals surface area contributed by atoms with E-state index in [1.807, 2.05) is 54.6 Å². The predicted octanol–water partition coefficient (Wildman–Crippen LogP) is 6.34. The summed E-state index contributed by atoms with van der Waals surface area (Å²) in [6.45, 7) is 12.8. The lowest BCUT2D eigenvalue weighted by Gasteiger charge is -2.25. The zero-order valence-corrected chi connectivity index (χ0v) is 19.3. The number of hydrogen-bond donors (Lipinski definition) is 1. The van der Waals surface area contributed by atoms with E-state index in [9.17, 15) is 9.90 Å². The van der Waals surface area contributed by atoms with E-state index in [-0.39, 0.29) is 23.6 Å². The molecule has 0 aliphatic heterocycles. The van der Waals surface area contributed by atoms with E-state index in [4.69, 9.17) is 0 Å². The van der Waals surface area contributed by atoms with Gasteiger partial charge in [0.1, 0.15) is 5.75 Å². The van der Waals surface area contributed by atoms with Crippen molar-refractivity contribution >= 4 is 29.0 Å². The van der Waals surface area contributed by atoms with Crippen molar-refractivity contribution in [3.8, 4) is 5.75 Å². The molecule has 0 bridgehead atoms. The molecule has 160 valence electrons. The van der Waals surface area contributed by atoms with Crippen LogP contribution in [-0.4, -0.2) is 28.9 Å². The van der Waals surface area contributed by atoms with Crippen molar-refractivity contribution in [3.05, 3.63) is 76.9 Å². The number of carbonyl (C=O) groups is 1. The molecule has 0 saturated carbocycles. The molecule has 0 aliphatic rings. The number of nitrogens with zero attached hydrogens (tertiary/aromatic N) is 1. The number of carbonyl (C=O) groups excluding carboxylic acids is 1. The standard InChI is InChI=1S/C26H31NO2.ClH/c1-6-27(7-2)17-20-15-19(16-23(25(20)29)26(3,4)5)24(28)22-14-10-12-18-11-8-9-13-21(18)22;/h8-16,29H,6-7,17H2,1-5H3;1H. The van der Waals surface area contributed by atoms with Crippen LogP contribution in [0.4, 0.5) is 0 Å². The molecular weight excluding hydrogens is 394 g/mol. The van der Waals surface area contributed by atoms with E-state index in [0.29, 0.717) is 23.4 Å². The van der Waals surface area contributed by atoms with Gasteiger partial charge < -0.3 is 5.11 Å². The molecule has 1 N–H and O–H groups in total. The highest BCUT2D eigenvalue weighted by atomic mass is 35.5. The quantitative estimate of drug-likeness (QED) is 0.468.